The number of aromatic nitrogens is 1. The number of fused-ring (bicyclic) bond motifs is 2. The van der Waals surface area contributed by atoms with Crippen LogP contribution in [0, 0.1) is 0 Å². The summed E-state index contributed by atoms with van der Waals surface area (Å²) in [6.07, 6.45) is 4.54. The molecule has 23 heteroatoms. The number of phenols is 2. The van der Waals surface area contributed by atoms with Gasteiger partial charge < -0.3 is 31.1 Å². The normalized spacial score (nSPS) is 12.1. The third kappa shape index (κ3) is 11.1. The van der Waals surface area contributed by atoms with Crippen LogP contribution in [0.25, 0.3) is 33.7 Å². The fourth-order valence-electron chi connectivity index (χ4n) is 6.38. The fraction of sp³-hybridized carbons (Fsp3) is 0. The average Bonchev–Trinajstić information content (AvgIpc) is 3.29. The van der Waals surface area contributed by atoms with E-state index in [-0.39, 0.29) is 55.7 Å². The van der Waals surface area contributed by atoms with Crippen molar-refractivity contribution in [2.45, 2.75) is 9.79 Å². The van der Waals surface area contributed by atoms with Crippen molar-refractivity contribution >= 4 is 112 Å². The molecule has 0 aliphatic rings. The second kappa shape index (κ2) is 19.2. The predicted molar refractivity (Wildman–Crippen MR) is 246 cm³/mol. The Morgan fingerprint density at radius 1 is 0.515 bits per heavy atom. The molecule has 0 saturated heterocycles. The zero-order chi connectivity index (χ0) is 48.9. The molecule has 1 heterocycles. The Labute approximate surface area is 383 Å². The number of carbonyl (C=O) groups is 4. The monoisotopic (exact) mass is 957 g/mol. The summed E-state index contributed by atoms with van der Waals surface area (Å²) in [6, 6.07) is 25.9. The van der Waals surface area contributed by atoms with E-state index in [0.29, 0.717) is 11.1 Å². The van der Waals surface area contributed by atoms with E-state index in [1.54, 1.807) is 0 Å². The maximum atomic E-state index is 13.4. The third-order valence-corrected chi connectivity index (χ3v) is 11.3. The number of carboxylic acids is 2. The van der Waals surface area contributed by atoms with Crippen LogP contribution in [0.15, 0.2) is 158 Å². The first-order chi connectivity index (χ1) is 32.2. The van der Waals surface area contributed by atoms with Crippen molar-refractivity contribution in [1.82, 2.24) is 4.98 Å². The number of pyridine rings is 1. The lowest BCUT2D eigenvalue weighted by Gasteiger charge is -2.12. The van der Waals surface area contributed by atoms with Gasteiger partial charge in [-0.05, 0) is 119 Å². The number of hydrogen-bond acceptors (Lipinski definition) is 15. The summed E-state index contributed by atoms with van der Waals surface area (Å²) in [4.78, 5) is 50.8. The molecule has 2 amide bonds. The number of carbonyl (C=O) groups excluding carboxylic acids is 2. The number of nitrogens with zero attached hydrogens (tertiary/aromatic N) is 5. The van der Waals surface area contributed by atoms with Crippen LogP contribution in [0.5, 0.6) is 11.5 Å². The Morgan fingerprint density at radius 3 is 1.25 bits per heavy atom. The minimum absolute atomic E-state index is 0.0479. The number of phenolic OH excluding ortho intramolecular Hbond substituents is 2. The molecule has 0 saturated carbocycles. The number of azo groups is 2. The quantitative estimate of drug-likeness (QED) is 0.0287. The van der Waals surface area contributed by atoms with E-state index >= 15 is 0 Å². The third-order valence-electron chi connectivity index (χ3n) is 9.54. The number of anilines is 2. The Balaban J connectivity index is 1.08. The van der Waals surface area contributed by atoms with Gasteiger partial charge in [0.05, 0.1) is 11.4 Å². The number of amides is 2. The molecule has 0 fully saturated rings. The lowest BCUT2D eigenvalue weighted by molar-refractivity contribution is -0.132. The maximum Gasteiger partial charge on any atom is 0.328 e. The van der Waals surface area contributed by atoms with Gasteiger partial charge in [-0.2, -0.15) is 27.1 Å². The predicted octanol–water partition coefficient (Wildman–Crippen LogP) is 8.82. The van der Waals surface area contributed by atoms with Crippen molar-refractivity contribution in [3.05, 3.63) is 150 Å². The number of hydrogen-bond donors (Lipinski definition) is 8. The molecule has 8 N–H and O–H groups in total. The van der Waals surface area contributed by atoms with Crippen LogP contribution in [-0.4, -0.2) is 75.1 Å². The lowest BCUT2D eigenvalue weighted by Crippen LogP contribution is -2.18. The molecule has 0 aliphatic heterocycles. The van der Waals surface area contributed by atoms with Gasteiger partial charge in [-0.15, -0.1) is 10.2 Å². The Kier molecular flexibility index (Phi) is 13.3. The summed E-state index contributed by atoms with van der Waals surface area (Å²) < 4.78 is 69.8. The van der Waals surface area contributed by atoms with Crippen molar-refractivity contribution in [3.8, 4) is 11.5 Å². The van der Waals surface area contributed by atoms with Crippen LogP contribution < -0.4 is 10.6 Å². The molecule has 0 unspecified atom stereocenters. The van der Waals surface area contributed by atoms with Crippen molar-refractivity contribution in [2.75, 3.05) is 10.6 Å². The topological polar surface area (TPSA) is 344 Å². The maximum absolute atomic E-state index is 13.4. The zero-order valence-corrected chi connectivity index (χ0v) is 35.9. The molecule has 0 radical (unpaired) electrons. The molecule has 0 spiro atoms. The molecule has 0 atom stereocenters. The molecular formula is C45H31N7O14S2. The van der Waals surface area contributed by atoms with Gasteiger partial charge in [0.1, 0.15) is 32.6 Å². The van der Waals surface area contributed by atoms with E-state index in [1.807, 2.05) is 0 Å². The molecular weight excluding hydrogens is 927 g/mol. The SMILES string of the molecule is O=C(O)C=Cc1ccc(N=Nc2c(S(=O)(=O)O)cc3cc(NC(=O)c4cccc(C(=O)Nc5ccc6c(O)c(N=Nc7ccc(C=CC(=O)O)cc7)c(S(=O)(=O)O)cc6c5)n4)ccc3c2O)cc1. The van der Waals surface area contributed by atoms with Crippen molar-refractivity contribution < 1.29 is 65.5 Å². The highest BCUT2D eigenvalue weighted by molar-refractivity contribution is 7.86. The van der Waals surface area contributed by atoms with Crippen LogP contribution in [0.1, 0.15) is 32.1 Å². The number of aliphatic carboxylic acids is 2. The second-order valence-corrected chi connectivity index (χ2v) is 17.0. The molecule has 342 valence electrons. The summed E-state index contributed by atoms with van der Waals surface area (Å²) in [7, 11) is -10.0. The molecule has 0 aliphatic carbocycles. The summed E-state index contributed by atoms with van der Waals surface area (Å²) in [5.74, 6) is -5.26. The largest absolute Gasteiger partial charge is 0.505 e. The highest BCUT2D eigenvalue weighted by atomic mass is 32.2. The van der Waals surface area contributed by atoms with Gasteiger partial charge in [0, 0.05) is 34.3 Å². The summed E-state index contributed by atoms with van der Waals surface area (Å²) >= 11 is 0. The van der Waals surface area contributed by atoms with E-state index in [2.05, 4.69) is 36.1 Å². The Hall–Kier alpha value is -9.03. The molecule has 21 nitrogen and oxygen atoms in total. The standard InChI is InChI=1S/C45H31N7O14S2/c53-38(54)18-8-24-4-10-28(11-5-24)49-51-40-36(67(61,62)63)22-26-20-30(14-16-32(26)42(40)57)46-44(59)34-2-1-3-35(48-34)45(60)47-31-15-17-33-27(21-31)23-37(68(64,65)66)41(43(33)58)52-50-29-12-6-25(7-13-29)9-19-39(55)56/h1-23,57-58H,(H,46,59)(H,47,60)(H,53,54)(H,55,56)(H,61,62,63)(H,64,65,66). The first kappa shape index (κ1) is 46.9. The molecule has 7 rings (SSSR count). The summed E-state index contributed by atoms with van der Waals surface area (Å²) in [5, 5.41) is 60.8. The van der Waals surface area contributed by atoms with E-state index in [0.717, 1.165) is 24.3 Å². The number of aromatic hydroxyl groups is 2. The van der Waals surface area contributed by atoms with Crippen LogP contribution in [0.3, 0.4) is 0 Å². The van der Waals surface area contributed by atoms with Crippen LogP contribution in [0.4, 0.5) is 34.1 Å². The number of nitrogens with one attached hydrogen (secondary N) is 2. The minimum Gasteiger partial charge on any atom is -0.505 e. The molecule has 7 aromatic rings. The Morgan fingerprint density at radius 2 is 0.897 bits per heavy atom. The highest BCUT2D eigenvalue weighted by Crippen LogP contribution is 2.43. The van der Waals surface area contributed by atoms with Gasteiger partial charge in [-0.25, -0.2) is 14.6 Å². The Bertz CT molecular complexity index is 3350. The summed E-state index contributed by atoms with van der Waals surface area (Å²) in [6.45, 7) is 0. The van der Waals surface area contributed by atoms with E-state index in [1.165, 1.54) is 115 Å². The number of rotatable bonds is 14. The van der Waals surface area contributed by atoms with Gasteiger partial charge in [-0.1, -0.05) is 30.3 Å². The van der Waals surface area contributed by atoms with Gasteiger partial charge in [0.2, 0.25) is 0 Å². The summed E-state index contributed by atoms with van der Waals surface area (Å²) in [5.41, 5.74) is -0.0388. The van der Waals surface area contributed by atoms with Crippen molar-refractivity contribution in [1.29, 1.82) is 0 Å². The molecule has 68 heavy (non-hydrogen) atoms. The van der Waals surface area contributed by atoms with Gasteiger partial charge in [0.25, 0.3) is 32.1 Å². The van der Waals surface area contributed by atoms with Crippen molar-refractivity contribution in [3.63, 3.8) is 0 Å². The molecule has 0 bridgehead atoms. The molecule has 1 aromatic heterocycles. The fourth-order valence-corrected chi connectivity index (χ4v) is 7.69. The lowest BCUT2D eigenvalue weighted by atomic mass is 10.1. The van der Waals surface area contributed by atoms with Crippen LogP contribution in [-0.2, 0) is 29.8 Å². The minimum atomic E-state index is -5.01. The first-order valence-electron chi connectivity index (χ1n) is 19.2. The van der Waals surface area contributed by atoms with E-state index in [4.69, 9.17) is 10.2 Å². The second-order valence-electron chi connectivity index (χ2n) is 14.2. The highest BCUT2D eigenvalue weighted by Gasteiger charge is 2.24. The molecule has 6 aromatic carbocycles. The van der Waals surface area contributed by atoms with Gasteiger partial charge >= 0.3 is 11.9 Å². The number of benzene rings is 6. The smallest absolute Gasteiger partial charge is 0.328 e. The van der Waals surface area contributed by atoms with Gasteiger partial charge in [0.15, 0.2) is 11.5 Å². The van der Waals surface area contributed by atoms with Gasteiger partial charge in [-0.3, -0.25) is 18.7 Å². The first-order valence-corrected chi connectivity index (χ1v) is 22.1. The van der Waals surface area contributed by atoms with Crippen LogP contribution in [0.2, 0.25) is 0 Å². The van der Waals surface area contributed by atoms with E-state index < -0.39 is 76.7 Å². The average molecular weight is 958 g/mol. The van der Waals surface area contributed by atoms with E-state index in [9.17, 15) is 55.3 Å². The zero-order valence-electron chi connectivity index (χ0n) is 34.3. The van der Waals surface area contributed by atoms with Crippen molar-refractivity contribution in [2.24, 2.45) is 20.5 Å². The number of carboxylic acid groups (broad SMARTS) is 2. The van der Waals surface area contributed by atoms with Crippen LogP contribution >= 0.6 is 0 Å².